The van der Waals surface area contributed by atoms with E-state index in [1.807, 2.05) is 41.3 Å². The Kier molecular flexibility index (Phi) is 11.1. The Labute approximate surface area is 392 Å². The van der Waals surface area contributed by atoms with Crippen LogP contribution in [0.2, 0.25) is 10.0 Å². The van der Waals surface area contributed by atoms with Gasteiger partial charge in [-0.05, 0) is 89.5 Å². The molecule has 0 bridgehead atoms. The molecule has 4 aromatic rings. The molecule has 10 rings (SSSR count). The highest BCUT2D eigenvalue weighted by Gasteiger charge is 2.62. The molecule has 16 heteroatoms. The van der Waals surface area contributed by atoms with Gasteiger partial charge in [0.15, 0.2) is 0 Å². The zero-order valence-electron chi connectivity index (χ0n) is 37.2. The zero-order valence-corrected chi connectivity index (χ0v) is 38.7. The summed E-state index contributed by atoms with van der Waals surface area (Å²) in [5, 5.41) is 13.2. The standard InChI is InChI=1S/C50H52Cl2FN7O6/c1-49(2,3)19-40-50(25-54-37-18-30(51)9-12-34(37)50)42(33-6-5-7-35(52)43(33)53)44(56-40)46(63)55-36-13-8-26(17-39(36)66-4)47(64)59-22-28-20-58(21-29(28)23-59)31-10-11-32-27(16-31)24-60(48(32)65)38-14-15-41(61)57-45(38)62/h5-13,16-18,28-29,38,40,42,44,54,56H,14-15,19-25H2,1-4H3,(H,55,63)(H,57,61,62)/t28-,29-,38?,40+,42+,44-,50+/m1/s1. The predicted molar refractivity (Wildman–Crippen MR) is 250 cm³/mol. The fourth-order valence-electron chi connectivity index (χ4n) is 11.7. The normalized spacial score (nSPS) is 26.7. The number of imide groups is 1. The Morgan fingerprint density at radius 1 is 0.955 bits per heavy atom. The Balaban J connectivity index is 0.843. The highest BCUT2D eigenvalue weighted by atomic mass is 35.5. The first-order valence-corrected chi connectivity index (χ1v) is 23.3. The zero-order chi connectivity index (χ0) is 46.4. The number of methoxy groups -OCH3 is 1. The molecule has 1 spiro atoms. The summed E-state index contributed by atoms with van der Waals surface area (Å²) in [6.07, 6.45) is 1.20. The summed E-state index contributed by atoms with van der Waals surface area (Å²) in [5.74, 6) is -1.92. The van der Waals surface area contributed by atoms with Crippen molar-refractivity contribution in [1.82, 2.24) is 20.4 Å². The van der Waals surface area contributed by atoms with Crippen LogP contribution in [0.15, 0.2) is 72.8 Å². The van der Waals surface area contributed by atoms with Crippen LogP contribution in [0, 0.1) is 23.1 Å². The van der Waals surface area contributed by atoms with Crippen molar-refractivity contribution in [2.24, 2.45) is 17.3 Å². The second-order valence-electron chi connectivity index (χ2n) is 19.9. The van der Waals surface area contributed by atoms with E-state index in [0.29, 0.717) is 72.2 Å². The third-order valence-electron chi connectivity index (χ3n) is 14.7. The Morgan fingerprint density at radius 3 is 2.45 bits per heavy atom. The number of hydrogen-bond donors (Lipinski definition) is 4. The average molecular weight is 937 g/mol. The summed E-state index contributed by atoms with van der Waals surface area (Å²) in [6, 6.07) is 19.7. The molecule has 4 fully saturated rings. The molecular weight excluding hydrogens is 884 g/mol. The van der Waals surface area contributed by atoms with Crippen molar-refractivity contribution in [2.75, 3.05) is 55.4 Å². The van der Waals surface area contributed by atoms with Crippen LogP contribution < -0.4 is 30.9 Å². The molecule has 4 N–H and O–H groups in total. The van der Waals surface area contributed by atoms with Gasteiger partial charge in [0, 0.05) is 102 Å². The van der Waals surface area contributed by atoms with Crippen molar-refractivity contribution in [3.8, 4) is 5.75 Å². The summed E-state index contributed by atoms with van der Waals surface area (Å²) in [6.45, 7) is 9.83. The maximum absolute atomic E-state index is 16.3. The first kappa shape index (κ1) is 44.2. The third kappa shape index (κ3) is 7.54. The molecule has 4 aromatic carbocycles. The van der Waals surface area contributed by atoms with E-state index in [1.165, 1.54) is 13.2 Å². The van der Waals surface area contributed by atoms with E-state index in [4.69, 9.17) is 27.9 Å². The maximum atomic E-state index is 16.3. The molecule has 1 unspecified atom stereocenters. The highest BCUT2D eigenvalue weighted by molar-refractivity contribution is 6.31. The van der Waals surface area contributed by atoms with Crippen molar-refractivity contribution >= 4 is 69.8 Å². The number of hydrogen-bond acceptors (Lipinski definition) is 9. The number of piperidine rings is 1. The van der Waals surface area contributed by atoms with E-state index in [2.05, 4.69) is 46.9 Å². The SMILES string of the molecule is COc1cc(C(=O)N2C[C@H]3CN(c4ccc5c(c4)CN(C4CCC(=O)NC4=O)C5=O)C[C@@H]3C2)ccc1NC(=O)[C@@H]1N[C@@H](CC(C)(C)C)[C@@]2(CNc3cc(Cl)ccc32)[C@H]1c1cccc(Cl)c1F. The fraction of sp³-hybridized carbons (Fsp3) is 0.420. The van der Waals surface area contributed by atoms with E-state index >= 15 is 4.39 Å². The van der Waals surface area contributed by atoms with E-state index < -0.39 is 35.1 Å². The predicted octanol–water partition coefficient (Wildman–Crippen LogP) is 6.97. The molecule has 6 aliphatic rings. The molecule has 344 valence electrons. The second-order valence-corrected chi connectivity index (χ2v) is 20.8. The van der Waals surface area contributed by atoms with E-state index in [1.54, 1.807) is 35.2 Å². The molecule has 5 amide bonds. The molecule has 0 saturated carbocycles. The number of anilines is 3. The lowest BCUT2D eigenvalue weighted by atomic mass is 9.63. The van der Waals surface area contributed by atoms with Crippen LogP contribution in [0.3, 0.4) is 0 Å². The van der Waals surface area contributed by atoms with Gasteiger partial charge in [-0.15, -0.1) is 0 Å². The fourth-order valence-corrected chi connectivity index (χ4v) is 12.1. The van der Waals surface area contributed by atoms with Crippen molar-refractivity contribution < 1.29 is 33.1 Å². The number of carbonyl (C=O) groups is 5. The third-order valence-corrected chi connectivity index (χ3v) is 15.2. The van der Waals surface area contributed by atoms with Crippen LogP contribution in [-0.2, 0) is 26.3 Å². The van der Waals surface area contributed by atoms with Gasteiger partial charge in [-0.2, -0.15) is 0 Å². The van der Waals surface area contributed by atoms with E-state index in [0.717, 1.165) is 35.6 Å². The minimum absolute atomic E-state index is 0.0244. The summed E-state index contributed by atoms with van der Waals surface area (Å²) in [4.78, 5) is 72.1. The van der Waals surface area contributed by atoms with Gasteiger partial charge in [-0.3, -0.25) is 29.3 Å². The Morgan fingerprint density at radius 2 is 1.73 bits per heavy atom. The topological polar surface area (TPSA) is 152 Å². The van der Waals surface area contributed by atoms with Gasteiger partial charge in [-0.1, -0.05) is 62.2 Å². The molecular formula is C50H52Cl2FN7O6. The smallest absolute Gasteiger partial charge is 0.255 e. The first-order chi connectivity index (χ1) is 31.5. The van der Waals surface area contributed by atoms with Gasteiger partial charge in [0.25, 0.3) is 11.8 Å². The van der Waals surface area contributed by atoms with Crippen molar-refractivity contribution in [3.05, 3.63) is 116 Å². The number of nitrogens with one attached hydrogen (secondary N) is 4. The molecule has 6 heterocycles. The molecule has 4 saturated heterocycles. The first-order valence-electron chi connectivity index (χ1n) is 22.6. The van der Waals surface area contributed by atoms with Crippen molar-refractivity contribution in [3.63, 3.8) is 0 Å². The monoisotopic (exact) mass is 935 g/mol. The summed E-state index contributed by atoms with van der Waals surface area (Å²) in [5.41, 5.74) is 4.46. The van der Waals surface area contributed by atoms with E-state index in [-0.39, 0.29) is 58.4 Å². The minimum atomic E-state index is -0.893. The summed E-state index contributed by atoms with van der Waals surface area (Å²) in [7, 11) is 1.49. The molecule has 13 nitrogen and oxygen atoms in total. The van der Waals surface area contributed by atoms with Crippen molar-refractivity contribution in [1.29, 1.82) is 0 Å². The Hall–Kier alpha value is -5.70. The number of ether oxygens (including phenoxy) is 1. The second kappa shape index (κ2) is 16.6. The summed E-state index contributed by atoms with van der Waals surface area (Å²) < 4.78 is 22.1. The lowest BCUT2D eigenvalue weighted by Crippen LogP contribution is -2.52. The number of rotatable bonds is 8. The lowest BCUT2D eigenvalue weighted by Gasteiger charge is -2.39. The number of amides is 5. The summed E-state index contributed by atoms with van der Waals surface area (Å²) >= 11 is 12.9. The number of nitrogens with zero attached hydrogens (tertiary/aromatic N) is 3. The van der Waals surface area contributed by atoms with Gasteiger partial charge in [0.1, 0.15) is 17.6 Å². The van der Waals surface area contributed by atoms with Gasteiger partial charge in [0.05, 0.1) is 23.9 Å². The molecule has 66 heavy (non-hydrogen) atoms. The number of benzene rings is 4. The molecule has 0 aliphatic carbocycles. The Bertz CT molecular complexity index is 2700. The van der Waals surface area contributed by atoms with Crippen molar-refractivity contribution in [2.45, 2.75) is 76.0 Å². The van der Waals surface area contributed by atoms with Crippen LogP contribution in [0.25, 0.3) is 0 Å². The van der Waals surface area contributed by atoms with Crippen LogP contribution in [0.5, 0.6) is 5.75 Å². The molecule has 0 radical (unpaired) electrons. The van der Waals surface area contributed by atoms with Gasteiger partial charge >= 0.3 is 0 Å². The van der Waals surface area contributed by atoms with Crippen LogP contribution >= 0.6 is 23.2 Å². The lowest BCUT2D eigenvalue weighted by molar-refractivity contribution is -0.137. The van der Waals surface area contributed by atoms with Crippen LogP contribution in [0.4, 0.5) is 21.5 Å². The van der Waals surface area contributed by atoms with Crippen LogP contribution in [0.1, 0.15) is 83.4 Å². The number of halogens is 3. The largest absolute Gasteiger partial charge is 0.495 e. The molecule has 6 aliphatic heterocycles. The van der Waals surface area contributed by atoms with Gasteiger partial charge < -0.3 is 35.4 Å². The van der Waals surface area contributed by atoms with E-state index in [9.17, 15) is 24.0 Å². The minimum Gasteiger partial charge on any atom is -0.495 e. The molecule has 7 atom stereocenters. The highest BCUT2D eigenvalue weighted by Crippen LogP contribution is 2.57. The van der Waals surface area contributed by atoms with Crippen LogP contribution in [-0.4, -0.2) is 97.3 Å². The number of fused-ring (bicyclic) bond motifs is 4. The average Bonchev–Trinajstić information content (AvgIpc) is 4.09. The van der Waals surface area contributed by atoms with Gasteiger partial charge in [-0.25, -0.2) is 4.39 Å². The maximum Gasteiger partial charge on any atom is 0.255 e. The van der Waals surface area contributed by atoms with Gasteiger partial charge in [0.2, 0.25) is 17.7 Å². The number of likely N-dealkylation sites (tertiary alicyclic amines) is 1. The molecule has 0 aromatic heterocycles. The number of carbonyl (C=O) groups excluding carboxylic acids is 5. The quantitative estimate of drug-likeness (QED) is 0.137.